The smallest absolute Gasteiger partial charge is 0.254 e. The number of hydrogen-bond acceptors (Lipinski definition) is 6. The van der Waals surface area contributed by atoms with Crippen LogP contribution in [0.25, 0.3) is 11.3 Å². The van der Waals surface area contributed by atoms with Crippen LogP contribution < -0.4 is 9.64 Å². The SMILES string of the molecule is Cc1cccc(C(=O)N(C2CCC2c2cccc(N(C)C3CC4(CC4)C3)n2)[C@@H](COc2cc(-c3c(C)cccc3C)nc(C)n2)CC(C)(C)C)c1. The zero-order chi connectivity index (χ0) is 36.1. The Labute approximate surface area is 304 Å². The maximum atomic E-state index is 14.8. The summed E-state index contributed by atoms with van der Waals surface area (Å²) in [7, 11) is 2.20. The summed E-state index contributed by atoms with van der Waals surface area (Å²) in [4.78, 5) is 34.2. The molecule has 0 aliphatic heterocycles. The number of aryl methyl sites for hydroxylation is 4. The molecule has 7 nitrogen and oxygen atoms in total. The van der Waals surface area contributed by atoms with Gasteiger partial charge in [-0.2, -0.15) is 4.98 Å². The van der Waals surface area contributed by atoms with Crippen LogP contribution in [0.1, 0.15) is 110 Å². The van der Waals surface area contributed by atoms with E-state index in [2.05, 4.69) is 87.9 Å². The Bertz CT molecular complexity index is 1880. The van der Waals surface area contributed by atoms with Gasteiger partial charge in [0.2, 0.25) is 5.88 Å². The number of ether oxygens (including phenoxy) is 1. The molecule has 268 valence electrons. The molecule has 7 heteroatoms. The third kappa shape index (κ3) is 7.54. The molecule has 2 unspecified atom stereocenters. The predicted molar refractivity (Wildman–Crippen MR) is 205 cm³/mol. The average Bonchev–Trinajstić information content (AvgIpc) is 3.85. The topological polar surface area (TPSA) is 71.5 Å². The van der Waals surface area contributed by atoms with Gasteiger partial charge in [0.25, 0.3) is 5.91 Å². The minimum atomic E-state index is -0.180. The largest absolute Gasteiger partial charge is 0.475 e. The summed E-state index contributed by atoms with van der Waals surface area (Å²) >= 11 is 0. The van der Waals surface area contributed by atoms with Gasteiger partial charge in [-0.25, -0.2) is 9.97 Å². The number of hydrogen-bond donors (Lipinski definition) is 0. The zero-order valence-corrected chi connectivity index (χ0v) is 31.9. The van der Waals surface area contributed by atoms with Crippen molar-refractivity contribution in [1.29, 1.82) is 0 Å². The summed E-state index contributed by atoms with van der Waals surface area (Å²) < 4.78 is 6.64. The highest BCUT2D eigenvalue weighted by Crippen LogP contribution is 2.62. The third-order valence-corrected chi connectivity index (χ3v) is 11.7. The number of carbonyl (C=O) groups is 1. The summed E-state index contributed by atoms with van der Waals surface area (Å²) in [5.41, 5.74) is 7.76. The molecule has 3 saturated carbocycles. The molecular weight excluding hydrogens is 631 g/mol. The fourth-order valence-corrected chi connectivity index (χ4v) is 8.59. The minimum absolute atomic E-state index is 0.0118. The quantitative estimate of drug-likeness (QED) is 0.157. The lowest BCUT2D eigenvalue weighted by molar-refractivity contribution is 0.0162. The van der Waals surface area contributed by atoms with Crippen LogP contribution in [0.2, 0.25) is 0 Å². The molecule has 3 aliphatic rings. The van der Waals surface area contributed by atoms with Crippen LogP contribution in [0.4, 0.5) is 5.82 Å². The van der Waals surface area contributed by atoms with Crippen molar-refractivity contribution in [1.82, 2.24) is 19.9 Å². The second-order valence-electron chi connectivity index (χ2n) is 17.1. The van der Waals surface area contributed by atoms with Crippen LogP contribution in [-0.4, -0.2) is 57.5 Å². The molecule has 0 saturated heterocycles. The van der Waals surface area contributed by atoms with Gasteiger partial charge in [0.1, 0.15) is 18.2 Å². The number of carbonyl (C=O) groups excluding carboxylic acids is 1. The summed E-state index contributed by atoms with van der Waals surface area (Å²) in [6.07, 6.45) is 8.06. The Kier molecular flexibility index (Phi) is 9.45. The minimum Gasteiger partial charge on any atom is -0.475 e. The summed E-state index contributed by atoms with van der Waals surface area (Å²) in [6.45, 7) is 15.3. The Morgan fingerprint density at radius 3 is 2.25 bits per heavy atom. The van der Waals surface area contributed by atoms with E-state index in [-0.39, 0.29) is 29.3 Å². The second-order valence-corrected chi connectivity index (χ2v) is 17.1. The lowest BCUT2D eigenvalue weighted by Gasteiger charge is -2.48. The Balaban J connectivity index is 1.20. The Morgan fingerprint density at radius 2 is 1.61 bits per heavy atom. The number of rotatable bonds is 11. The number of pyridine rings is 1. The molecule has 3 atom stereocenters. The van der Waals surface area contributed by atoms with E-state index in [1.54, 1.807) is 0 Å². The van der Waals surface area contributed by atoms with E-state index in [1.165, 1.54) is 36.8 Å². The second kappa shape index (κ2) is 13.7. The van der Waals surface area contributed by atoms with E-state index in [9.17, 15) is 4.79 Å². The number of nitrogens with zero attached hydrogens (tertiary/aromatic N) is 5. The van der Waals surface area contributed by atoms with Gasteiger partial charge in [-0.1, -0.05) is 62.7 Å². The summed E-state index contributed by atoms with van der Waals surface area (Å²) in [5.74, 6) is 2.45. The normalized spacial score (nSPS) is 19.9. The van der Waals surface area contributed by atoms with Gasteiger partial charge in [-0.3, -0.25) is 4.79 Å². The Hall–Kier alpha value is -4.26. The van der Waals surface area contributed by atoms with Crippen molar-refractivity contribution >= 4 is 11.7 Å². The highest BCUT2D eigenvalue weighted by atomic mass is 16.5. The number of aromatic nitrogens is 3. The monoisotopic (exact) mass is 685 g/mol. The van der Waals surface area contributed by atoms with E-state index in [4.69, 9.17) is 19.7 Å². The zero-order valence-electron chi connectivity index (χ0n) is 31.9. The molecule has 4 aromatic rings. The molecule has 3 fully saturated rings. The first-order valence-electron chi connectivity index (χ1n) is 18.9. The van der Waals surface area contributed by atoms with Crippen molar-refractivity contribution in [3.63, 3.8) is 0 Å². The van der Waals surface area contributed by atoms with Gasteiger partial charge in [0.15, 0.2) is 0 Å². The maximum Gasteiger partial charge on any atom is 0.254 e. The van der Waals surface area contributed by atoms with Crippen molar-refractivity contribution in [3.05, 3.63) is 101 Å². The number of anilines is 1. The van der Waals surface area contributed by atoms with Crippen LogP contribution in [0, 0.1) is 38.5 Å². The Morgan fingerprint density at radius 1 is 0.902 bits per heavy atom. The standard InChI is InChI=1S/C44H55N5O2/c1-28-12-9-15-32(22-28)42(50)49(38-19-18-35(38)36-16-11-17-39(47-36)48(8)33-25-44(26-33)20-21-44)34(24-43(5,6)7)27-51-40-23-37(45-31(4)46-40)41-29(2)13-10-14-30(41)3/h9-17,22-23,33-35,38H,18-21,24-27H2,1-8H3/t34-,35?,38?/m1/s1. The molecule has 2 aromatic carbocycles. The van der Waals surface area contributed by atoms with Crippen LogP contribution in [0.5, 0.6) is 5.88 Å². The molecule has 0 bridgehead atoms. The fraction of sp³-hybridized carbons (Fsp3) is 0.500. The predicted octanol–water partition coefficient (Wildman–Crippen LogP) is 9.42. The van der Waals surface area contributed by atoms with E-state index in [1.807, 2.05) is 44.2 Å². The van der Waals surface area contributed by atoms with E-state index in [0.717, 1.165) is 53.2 Å². The first-order chi connectivity index (χ1) is 24.3. The number of amides is 1. The van der Waals surface area contributed by atoms with Crippen molar-refractivity contribution in [2.45, 2.75) is 117 Å². The van der Waals surface area contributed by atoms with E-state index >= 15 is 0 Å². The molecule has 2 heterocycles. The highest BCUT2D eigenvalue weighted by Gasteiger charge is 2.54. The van der Waals surface area contributed by atoms with Gasteiger partial charge < -0.3 is 14.5 Å². The van der Waals surface area contributed by atoms with E-state index in [0.29, 0.717) is 29.8 Å². The number of benzene rings is 2. The summed E-state index contributed by atoms with van der Waals surface area (Å²) in [5, 5.41) is 0. The van der Waals surface area contributed by atoms with Crippen LogP contribution >= 0.6 is 0 Å². The van der Waals surface area contributed by atoms with Crippen LogP contribution in [-0.2, 0) is 0 Å². The van der Waals surface area contributed by atoms with Gasteiger partial charge in [-0.05, 0) is 119 Å². The molecule has 0 N–H and O–H groups in total. The molecule has 2 aromatic heterocycles. The van der Waals surface area contributed by atoms with Gasteiger partial charge in [0.05, 0.1) is 11.7 Å². The lowest BCUT2D eigenvalue weighted by atomic mass is 9.74. The van der Waals surface area contributed by atoms with Crippen molar-refractivity contribution in [3.8, 4) is 17.1 Å². The fourth-order valence-electron chi connectivity index (χ4n) is 8.59. The molecular formula is C44H55N5O2. The third-order valence-electron chi connectivity index (χ3n) is 11.7. The van der Waals surface area contributed by atoms with Gasteiger partial charge in [-0.15, -0.1) is 0 Å². The van der Waals surface area contributed by atoms with Gasteiger partial charge in [0, 0.05) is 47.9 Å². The molecule has 1 amide bonds. The summed E-state index contributed by atoms with van der Waals surface area (Å²) in [6, 6.07) is 23.1. The lowest BCUT2D eigenvalue weighted by Crippen LogP contribution is -2.56. The highest BCUT2D eigenvalue weighted by molar-refractivity contribution is 5.95. The molecule has 3 aliphatic carbocycles. The van der Waals surface area contributed by atoms with E-state index < -0.39 is 0 Å². The van der Waals surface area contributed by atoms with Crippen LogP contribution in [0.15, 0.2) is 66.7 Å². The van der Waals surface area contributed by atoms with Crippen LogP contribution in [0.3, 0.4) is 0 Å². The average molecular weight is 686 g/mol. The molecule has 51 heavy (non-hydrogen) atoms. The van der Waals surface area contributed by atoms with Crippen molar-refractivity contribution in [2.24, 2.45) is 10.8 Å². The first-order valence-corrected chi connectivity index (χ1v) is 18.9. The van der Waals surface area contributed by atoms with Gasteiger partial charge >= 0.3 is 0 Å². The molecule has 1 spiro atoms. The maximum absolute atomic E-state index is 14.8. The molecule has 0 radical (unpaired) electrons. The van der Waals surface area contributed by atoms with Crippen molar-refractivity contribution in [2.75, 3.05) is 18.6 Å². The van der Waals surface area contributed by atoms with Crippen molar-refractivity contribution < 1.29 is 9.53 Å². The molecule has 7 rings (SSSR count). The first kappa shape index (κ1) is 35.2.